The Balaban J connectivity index is 1.48. The van der Waals surface area contributed by atoms with E-state index < -0.39 is 17.8 Å². The molecule has 0 fully saturated rings. The Kier molecular flexibility index (Phi) is 5.94. The van der Waals surface area contributed by atoms with Crippen molar-refractivity contribution in [1.82, 2.24) is 9.55 Å². The number of para-hydroxylation sites is 1. The van der Waals surface area contributed by atoms with Crippen molar-refractivity contribution in [3.8, 4) is 5.75 Å². The smallest absolute Gasteiger partial charge is 0.307 e. The third-order valence-corrected chi connectivity index (χ3v) is 6.67. The molecule has 2 heterocycles. The topological polar surface area (TPSA) is 111 Å². The van der Waals surface area contributed by atoms with Gasteiger partial charge in [0.25, 0.3) is 5.56 Å². The molecule has 0 bridgehead atoms. The number of carboxylic acids is 1. The highest BCUT2D eigenvalue weighted by atomic mass is 16.5. The molecular formula is C27H25N3O5. The van der Waals surface area contributed by atoms with Crippen molar-refractivity contribution < 1.29 is 19.4 Å². The maximum atomic E-state index is 13.2. The summed E-state index contributed by atoms with van der Waals surface area (Å²) in [4.78, 5) is 42.4. The third kappa shape index (κ3) is 4.23. The van der Waals surface area contributed by atoms with E-state index >= 15 is 0 Å². The molecule has 5 rings (SSSR count). The summed E-state index contributed by atoms with van der Waals surface area (Å²) in [6.45, 7) is 0.544. The maximum absolute atomic E-state index is 13.2. The summed E-state index contributed by atoms with van der Waals surface area (Å²) in [7, 11) is 1.62. The van der Waals surface area contributed by atoms with Gasteiger partial charge in [0.05, 0.1) is 29.8 Å². The van der Waals surface area contributed by atoms with E-state index in [1.807, 2.05) is 36.4 Å². The van der Waals surface area contributed by atoms with Gasteiger partial charge in [-0.25, -0.2) is 4.98 Å². The lowest BCUT2D eigenvalue weighted by Gasteiger charge is -2.24. The van der Waals surface area contributed by atoms with Crippen LogP contribution in [0.4, 0.5) is 5.69 Å². The summed E-state index contributed by atoms with van der Waals surface area (Å²) in [5.74, 6) is -1.40. The normalized spacial score (nSPS) is 20.1. The zero-order valence-electron chi connectivity index (χ0n) is 19.2. The van der Waals surface area contributed by atoms with Crippen LogP contribution >= 0.6 is 0 Å². The lowest BCUT2D eigenvalue weighted by atomic mass is 9.82. The van der Waals surface area contributed by atoms with Gasteiger partial charge in [-0.3, -0.25) is 19.0 Å². The van der Waals surface area contributed by atoms with E-state index in [-0.39, 0.29) is 11.5 Å². The Bertz CT molecular complexity index is 1450. The van der Waals surface area contributed by atoms with Gasteiger partial charge >= 0.3 is 5.97 Å². The zero-order chi connectivity index (χ0) is 24.5. The number of rotatable bonds is 5. The summed E-state index contributed by atoms with van der Waals surface area (Å²) in [6.07, 6.45) is 7.01. The van der Waals surface area contributed by atoms with Crippen molar-refractivity contribution in [2.45, 2.75) is 25.8 Å². The first-order valence-corrected chi connectivity index (χ1v) is 11.5. The van der Waals surface area contributed by atoms with Crippen molar-refractivity contribution in [2.24, 2.45) is 11.8 Å². The Hall–Kier alpha value is -4.20. The highest BCUT2D eigenvalue weighted by Crippen LogP contribution is 2.31. The van der Waals surface area contributed by atoms with Crippen LogP contribution in [0.3, 0.4) is 0 Å². The van der Waals surface area contributed by atoms with Gasteiger partial charge in [0.1, 0.15) is 11.6 Å². The van der Waals surface area contributed by atoms with Crippen LogP contribution in [0.5, 0.6) is 5.75 Å². The van der Waals surface area contributed by atoms with E-state index in [4.69, 9.17) is 9.72 Å². The van der Waals surface area contributed by atoms with Crippen LogP contribution in [0.15, 0.2) is 59.4 Å². The average Bonchev–Trinajstić information content (AvgIpc) is 3.27. The number of carbonyl (C=O) groups excluding carboxylic acids is 1. The Morgan fingerprint density at radius 2 is 1.91 bits per heavy atom. The predicted molar refractivity (Wildman–Crippen MR) is 133 cm³/mol. The molecule has 8 heteroatoms. The zero-order valence-corrected chi connectivity index (χ0v) is 19.2. The van der Waals surface area contributed by atoms with Crippen LogP contribution in [0.25, 0.3) is 22.6 Å². The van der Waals surface area contributed by atoms with Crippen molar-refractivity contribution in [2.75, 3.05) is 12.4 Å². The molecule has 2 N–H and O–H groups in total. The lowest BCUT2D eigenvalue weighted by molar-refractivity contribution is -0.146. The fourth-order valence-electron chi connectivity index (χ4n) is 4.82. The molecule has 2 aliphatic rings. The molecule has 1 aliphatic heterocycles. The number of nitrogens with one attached hydrogen (secondary N) is 1. The molecule has 35 heavy (non-hydrogen) atoms. The molecule has 2 aromatic carbocycles. The number of methoxy groups -OCH3 is 1. The molecule has 3 aromatic rings. The van der Waals surface area contributed by atoms with Crippen LogP contribution in [0.1, 0.15) is 30.7 Å². The minimum absolute atomic E-state index is 0.130. The largest absolute Gasteiger partial charge is 0.496 e. The van der Waals surface area contributed by atoms with Gasteiger partial charge < -0.3 is 15.2 Å². The van der Waals surface area contributed by atoms with Gasteiger partial charge in [0, 0.05) is 17.8 Å². The van der Waals surface area contributed by atoms with Crippen molar-refractivity contribution in [3.63, 3.8) is 0 Å². The second-order valence-corrected chi connectivity index (χ2v) is 8.77. The molecule has 1 aliphatic carbocycles. The number of allylic oxidation sites excluding steroid dienone is 3. The summed E-state index contributed by atoms with van der Waals surface area (Å²) in [6, 6.07) is 12.6. The standard InChI is InChI=1S/C27H25N3O5/c1-35-23-9-5-2-6-16(23)14-17-12-13-30-24(17)29-22-15-18(10-11-21(22)26(30)32)28-25(31)19-7-3-4-8-20(19)27(33)34/h2-6,9-11,14-15,19-20H,7-8,12-13H2,1H3,(H,28,31)(H,33,34)/b17-14+/t19-,20+/m1/s1. The number of carboxylic acid groups (broad SMARTS) is 1. The second kappa shape index (κ2) is 9.21. The van der Waals surface area contributed by atoms with Crippen LogP contribution in [0, 0.1) is 11.8 Å². The first-order valence-electron chi connectivity index (χ1n) is 11.5. The van der Waals surface area contributed by atoms with E-state index in [2.05, 4.69) is 5.32 Å². The number of hydrogen-bond acceptors (Lipinski definition) is 5. The van der Waals surface area contributed by atoms with E-state index in [9.17, 15) is 19.5 Å². The summed E-state index contributed by atoms with van der Waals surface area (Å²) < 4.78 is 7.12. The number of amides is 1. The molecule has 0 radical (unpaired) electrons. The van der Waals surface area contributed by atoms with Gasteiger partial charge in [-0.2, -0.15) is 0 Å². The predicted octanol–water partition coefficient (Wildman–Crippen LogP) is 3.95. The lowest BCUT2D eigenvalue weighted by Crippen LogP contribution is -2.34. The maximum Gasteiger partial charge on any atom is 0.307 e. The number of nitrogens with zero attached hydrogens (tertiary/aromatic N) is 2. The Morgan fingerprint density at radius 1 is 1.14 bits per heavy atom. The molecule has 1 aromatic heterocycles. The number of carbonyl (C=O) groups is 2. The number of anilines is 1. The van der Waals surface area contributed by atoms with Gasteiger partial charge in [0.2, 0.25) is 5.91 Å². The monoisotopic (exact) mass is 471 g/mol. The Morgan fingerprint density at radius 3 is 2.69 bits per heavy atom. The van der Waals surface area contributed by atoms with Crippen LogP contribution in [-0.2, 0) is 16.1 Å². The van der Waals surface area contributed by atoms with Crippen molar-refractivity contribution in [1.29, 1.82) is 0 Å². The fourth-order valence-corrected chi connectivity index (χ4v) is 4.82. The molecule has 8 nitrogen and oxygen atoms in total. The Labute approximate surface area is 201 Å². The molecule has 0 spiro atoms. The molecule has 0 unspecified atom stereocenters. The number of hydrogen-bond donors (Lipinski definition) is 2. The number of ether oxygens (including phenoxy) is 1. The third-order valence-electron chi connectivity index (χ3n) is 6.67. The van der Waals surface area contributed by atoms with Crippen molar-refractivity contribution in [3.05, 3.63) is 76.4 Å². The number of aliphatic carboxylic acids is 1. The summed E-state index contributed by atoms with van der Waals surface area (Å²) >= 11 is 0. The van der Waals surface area contributed by atoms with Gasteiger partial charge in [-0.05, 0) is 55.2 Å². The summed E-state index contributed by atoms with van der Waals surface area (Å²) in [5.41, 5.74) is 2.66. The van der Waals surface area contributed by atoms with E-state index in [0.29, 0.717) is 48.2 Å². The van der Waals surface area contributed by atoms with E-state index in [1.165, 1.54) is 0 Å². The first-order chi connectivity index (χ1) is 17.0. The van der Waals surface area contributed by atoms with Gasteiger partial charge in [0.15, 0.2) is 0 Å². The average molecular weight is 472 g/mol. The quantitative estimate of drug-likeness (QED) is 0.545. The molecule has 178 valence electrons. The molecule has 1 amide bonds. The second-order valence-electron chi connectivity index (χ2n) is 8.77. The number of aromatic nitrogens is 2. The van der Waals surface area contributed by atoms with Gasteiger partial charge in [-0.15, -0.1) is 0 Å². The number of fused-ring (bicyclic) bond motifs is 2. The van der Waals surface area contributed by atoms with Crippen LogP contribution < -0.4 is 15.6 Å². The van der Waals surface area contributed by atoms with E-state index in [1.54, 1.807) is 36.0 Å². The molecule has 0 saturated carbocycles. The molecule has 0 saturated heterocycles. The fraction of sp³-hybridized carbons (Fsp3) is 0.259. The molecular weight excluding hydrogens is 446 g/mol. The van der Waals surface area contributed by atoms with Crippen molar-refractivity contribution >= 4 is 40.1 Å². The first kappa shape index (κ1) is 22.6. The highest BCUT2D eigenvalue weighted by Gasteiger charge is 2.34. The SMILES string of the molecule is COc1ccccc1/C=C1\CCn2c1nc1cc(NC(=O)[C@@H]3CC=CC[C@@H]3C(=O)O)ccc1c2=O. The minimum atomic E-state index is -0.979. The highest BCUT2D eigenvalue weighted by molar-refractivity contribution is 5.97. The summed E-state index contributed by atoms with van der Waals surface area (Å²) in [5, 5.41) is 12.8. The van der Waals surface area contributed by atoms with Crippen LogP contribution in [-0.4, -0.2) is 33.6 Å². The van der Waals surface area contributed by atoms with E-state index in [0.717, 1.165) is 16.9 Å². The van der Waals surface area contributed by atoms with Gasteiger partial charge in [-0.1, -0.05) is 30.4 Å². The number of benzene rings is 2. The minimum Gasteiger partial charge on any atom is -0.496 e. The molecule has 2 atom stereocenters. The van der Waals surface area contributed by atoms with Crippen LogP contribution in [0.2, 0.25) is 0 Å².